The van der Waals surface area contributed by atoms with Gasteiger partial charge in [0.25, 0.3) is 11.6 Å². The van der Waals surface area contributed by atoms with Gasteiger partial charge < -0.3 is 10.1 Å². The molecule has 0 atom stereocenters. The number of anilines is 1. The Balaban J connectivity index is 1.93. The number of nitro groups is 1. The number of nitrogens with one attached hydrogen (secondary N) is 1. The van der Waals surface area contributed by atoms with E-state index in [1.807, 2.05) is 0 Å². The fourth-order valence-electron chi connectivity index (χ4n) is 1.95. The molecule has 1 aromatic carbocycles. The van der Waals surface area contributed by atoms with Crippen LogP contribution in [0.25, 0.3) is 6.08 Å². The van der Waals surface area contributed by atoms with E-state index in [0.29, 0.717) is 10.7 Å². The van der Waals surface area contributed by atoms with Crippen molar-refractivity contribution >= 4 is 52.7 Å². The first kappa shape index (κ1) is 20.3. The van der Waals surface area contributed by atoms with Crippen LogP contribution in [0.4, 0.5) is 11.5 Å². The van der Waals surface area contributed by atoms with Gasteiger partial charge in [-0.15, -0.1) is 0 Å². The van der Waals surface area contributed by atoms with Crippen molar-refractivity contribution < 1.29 is 19.2 Å². The lowest BCUT2D eigenvalue weighted by atomic mass is 10.1. The Labute approximate surface area is 163 Å². The van der Waals surface area contributed by atoms with Crippen LogP contribution in [0.2, 0.25) is 10.0 Å². The first-order chi connectivity index (χ1) is 12.8. The maximum absolute atomic E-state index is 11.8. The monoisotopic (exact) mass is 409 g/mol. The molecule has 0 aliphatic heterocycles. The minimum Gasteiger partial charge on any atom is -0.452 e. The van der Waals surface area contributed by atoms with Crippen molar-refractivity contribution in [3.63, 3.8) is 0 Å². The van der Waals surface area contributed by atoms with Crippen LogP contribution in [0.3, 0.4) is 0 Å². The predicted octanol–water partition coefficient (Wildman–Crippen LogP) is 3.80. The van der Waals surface area contributed by atoms with Gasteiger partial charge >= 0.3 is 5.97 Å². The SMILES string of the molecule is Cc1nc(NC(=O)COC(=O)/C=C/c2ccccc2[N+](=O)[O-])c(Cl)cc1Cl. The molecule has 0 spiro atoms. The summed E-state index contributed by atoms with van der Waals surface area (Å²) in [5.41, 5.74) is 0.551. The highest BCUT2D eigenvalue weighted by molar-refractivity contribution is 6.36. The molecule has 0 fully saturated rings. The number of hydrogen-bond donors (Lipinski definition) is 1. The average molecular weight is 410 g/mol. The molecule has 140 valence electrons. The second kappa shape index (κ2) is 9.11. The van der Waals surface area contributed by atoms with Crippen LogP contribution in [-0.2, 0) is 14.3 Å². The molecule has 0 radical (unpaired) electrons. The topological polar surface area (TPSA) is 111 Å². The number of carbonyl (C=O) groups is 2. The van der Waals surface area contributed by atoms with Crippen molar-refractivity contribution in [2.24, 2.45) is 0 Å². The molecule has 1 amide bonds. The summed E-state index contributed by atoms with van der Waals surface area (Å²) in [6.07, 6.45) is 2.23. The summed E-state index contributed by atoms with van der Waals surface area (Å²) in [6.45, 7) is 1.06. The van der Waals surface area contributed by atoms with Crippen LogP contribution in [0.5, 0.6) is 0 Å². The molecular formula is C17H13Cl2N3O5. The lowest BCUT2D eigenvalue weighted by Crippen LogP contribution is -2.21. The van der Waals surface area contributed by atoms with Crippen molar-refractivity contribution in [2.45, 2.75) is 6.92 Å². The summed E-state index contributed by atoms with van der Waals surface area (Å²) >= 11 is 11.8. The van der Waals surface area contributed by atoms with E-state index in [2.05, 4.69) is 10.3 Å². The van der Waals surface area contributed by atoms with Crippen LogP contribution < -0.4 is 5.32 Å². The average Bonchev–Trinajstić information content (AvgIpc) is 2.63. The highest BCUT2D eigenvalue weighted by Gasteiger charge is 2.13. The molecule has 0 unspecified atom stereocenters. The number of esters is 1. The van der Waals surface area contributed by atoms with E-state index in [1.54, 1.807) is 13.0 Å². The number of aryl methyl sites for hydroxylation is 1. The molecule has 27 heavy (non-hydrogen) atoms. The summed E-state index contributed by atoms with van der Waals surface area (Å²) < 4.78 is 4.79. The molecule has 1 aromatic heterocycles. The van der Waals surface area contributed by atoms with Gasteiger partial charge in [-0.25, -0.2) is 9.78 Å². The van der Waals surface area contributed by atoms with Crippen LogP contribution >= 0.6 is 23.2 Å². The number of halogens is 2. The van der Waals surface area contributed by atoms with Gasteiger partial charge in [-0.05, 0) is 25.1 Å². The Morgan fingerprint density at radius 3 is 2.70 bits per heavy atom. The number of ether oxygens (including phenoxy) is 1. The molecule has 2 aromatic rings. The summed E-state index contributed by atoms with van der Waals surface area (Å²) in [5, 5.41) is 13.8. The number of pyridine rings is 1. The number of nitro benzene ring substituents is 1. The fraction of sp³-hybridized carbons (Fsp3) is 0.118. The van der Waals surface area contributed by atoms with Gasteiger partial charge in [0.2, 0.25) is 0 Å². The standard InChI is InChI=1S/C17H13Cl2N3O5/c1-10-12(18)8-13(19)17(20-10)21-15(23)9-27-16(24)7-6-11-4-2-3-5-14(11)22(25)26/h2-8H,9H2,1H3,(H,20,21,23)/b7-6+. The number of nitrogens with zero attached hydrogens (tertiary/aromatic N) is 2. The molecule has 0 saturated carbocycles. The van der Waals surface area contributed by atoms with Gasteiger partial charge in [0.1, 0.15) is 0 Å². The zero-order valence-corrected chi connectivity index (χ0v) is 15.5. The third kappa shape index (κ3) is 5.77. The second-order valence-corrected chi connectivity index (χ2v) is 6.01. The number of benzene rings is 1. The molecule has 1 N–H and O–H groups in total. The van der Waals surface area contributed by atoms with Gasteiger partial charge in [-0.2, -0.15) is 0 Å². The number of amides is 1. The van der Waals surface area contributed by atoms with Gasteiger partial charge in [-0.1, -0.05) is 35.3 Å². The van der Waals surface area contributed by atoms with Gasteiger partial charge in [0.05, 0.1) is 26.2 Å². The highest BCUT2D eigenvalue weighted by atomic mass is 35.5. The van der Waals surface area contributed by atoms with Gasteiger partial charge in [0.15, 0.2) is 12.4 Å². The van der Waals surface area contributed by atoms with E-state index in [0.717, 1.165) is 6.08 Å². The van der Waals surface area contributed by atoms with Gasteiger partial charge in [-0.3, -0.25) is 14.9 Å². The van der Waals surface area contributed by atoms with Crippen LogP contribution in [0.1, 0.15) is 11.3 Å². The maximum atomic E-state index is 11.8. The lowest BCUT2D eigenvalue weighted by molar-refractivity contribution is -0.385. The van der Waals surface area contributed by atoms with E-state index in [9.17, 15) is 19.7 Å². The smallest absolute Gasteiger partial charge is 0.331 e. The molecule has 10 heteroatoms. The lowest BCUT2D eigenvalue weighted by Gasteiger charge is -2.08. The van der Waals surface area contributed by atoms with E-state index >= 15 is 0 Å². The van der Waals surface area contributed by atoms with E-state index in [-0.39, 0.29) is 22.1 Å². The Bertz CT molecular complexity index is 931. The van der Waals surface area contributed by atoms with Crippen LogP contribution in [-0.4, -0.2) is 28.4 Å². The third-order valence-corrected chi connectivity index (χ3v) is 3.91. The zero-order chi connectivity index (χ0) is 20.0. The van der Waals surface area contributed by atoms with Crippen LogP contribution in [0, 0.1) is 17.0 Å². The molecule has 2 rings (SSSR count). The molecule has 0 bridgehead atoms. The number of aromatic nitrogens is 1. The summed E-state index contributed by atoms with van der Waals surface area (Å²) in [6, 6.07) is 7.32. The normalized spacial score (nSPS) is 10.6. The van der Waals surface area contributed by atoms with E-state index < -0.39 is 23.4 Å². The maximum Gasteiger partial charge on any atom is 0.331 e. The number of hydrogen-bond acceptors (Lipinski definition) is 6. The molecule has 0 saturated heterocycles. The molecule has 0 aliphatic rings. The largest absolute Gasteiger partial charge is 0.452 e. The molecular weight excluding hydrogens is 397 g/mol. The number of rotatable bonds is 6. The van der Waals surface area contributed by atoms with Crippen LogP contribution in [0.15, 0.2) is 36.4 Å². The number of carbonyl (C=O) groups excluding carboxylic acids is 2. The number of para-hydroxylation sites is 1. The Morgan fingerprint density at radius 2 is 2.00 bits per heavy atom. The quantitative estimate of drug-likeness (QED) is 0.336. The second-order valence-electron chi connectivity index (χ2n) is 5.19. The van der Waals surface area contributed by atoms with Crippen molar-refractivity contribution in [1.29, 1.82) is 0 Å². The Hall–Kier alpha value is -2.97. The first-order valence-corrected chi connectivity index (χ1v) is 8.24. The summed E-state index contributed by atoms with van der Waals surface area (Å²) in [4.78, 5) is 37.9. The fourth-order valence-corrected chi connectivity index (χ4v) is 2.36. The Kier molecular flexibility index (Phi) is 6.86. The minimum absolute atomic E-state index is 0.0927. The van der Waals surface area contributed by atoms with Crippen molar-refractivity contribution in [3.8, 4) is 0 Å². The first-order valence-electron chi connectivity index (χ1n) is 7.48. The van der Waals surface area contributed by atoms with Gasteiger partial charge in [0, 0.05) is 12.1 Å². The molecule has 1 heterocycles. The van der Waals surface area contributed by atoms with Crippen molar-refractivity contribution in [1.82, 2.24) is 4.98 Å². The molecule has 8 nitrogen and oxygen atoms in total. The van der Waals surface area contributed by atoms with Crippen molar-refractivity contribution in [3.05, 3.63) is 67.8 Å². The van der Waals surface area contributed by atoms with Crippen molar-refractivity contribution in [2.75, 3.05) is 11.9 Å². The molecule has 0 aliphatic carbocycles. The summed E-state index contributed by atoms with van der Waals surface area (Å²) in [7, 11) is 0. The highest BCUT2D eigenvalue weighted by Crippen LogP contribution is 2.25. The zero-order valence-electron chi connectivity index (χ0n) is 13.9. The van der Waals surface area contributed by atoms with E-state index in [4.69, 9.17) is 27.9 Å². The predicted molar refractivity (Wildman–Crippen MR) is 101 cm³/mol. The minimum atomic E-state index is -0.838. The Morgan fingerprint density at radius 1 is 1.30 bits per heavy atom. The van der Waals surface area contributed by atoms with E-state index in [1.165, 1.54) is 30.3 Å². The third-order valence-electron chi connectivity index (χ3n) is 3.24. The summed E-state index contributed by atoms with van der Waals surface area (Å²) in [5.74, 6) is -1.40.